The molecule has 0 aliphatic rings. The fraction of sp³-hybridized carbons (Fsp3) is 0. The normalized spacial score (nSPS) is 11.5. The van der Waals surface area contributed by atoms with Crippen molar-refractivity contribution in [1.82, 2.24) is 19.5 Å². The van der Waals surface area contributed by atoms with Gasteiger partial charge in [-0.15, -0.1) is 0 Å². The maximum absolute atomic E-state index is 5.09. The van der Waals surface area contributed by atoms with Crippen molar-refractivity contribution >= 4 is 43.4 Å². The second kappa shape index (κ2) is 11.9. The molecule has 0 amide bonds. The molecule has 0 fully saturated rings. The summed E-state index contributed by atoms with van der Waals surface area (Å²) in [6.45, 7) is 0. The molecule has 51 heavy (non-hydrogen) atoms. The van der Waals surface area contributed by atoms with Gasteiger partial charge in [-0.2, -0.15) is 0 Å². The number of hydrogen-bond donors (Lipinski definition) is 0. The third kappa shape index (κ3) is 5.04. The lowest BCUT2D eigenvalue weighted by Gasteiger charge is -2.12. The lowest BCUT2D eigenvalue weighted by atomic mass is 10.00. The van der Waals surface area contributed by atoms with Gasteiger partial charge < -0.3 is 4.57 Å². The van der Waals surface area contributed by atoms with E-state index in [9.17, 15) is 0 Å². The monoisotopic (exact) mass is 650 g/mol. The zero-order valence-electron chi connectivity index (χ0n) is 27.6. The highest BCUT2D eigenvalue weighted by molar-refractivity contribution is 6.10. The van der Waals surface area contributed by atoms with E-state index in [-0.39, 0.29) is 0 Å². The quantitative estimate of drug-likeness (QED) is 0.174. The number of hydrogen-bond acceptors (Lipinski definition) is 3. The van der Waals surface area contributed by atoms with E-state index in [2.05, 4.69) is 156 Å². The Kier molecular flexibility index (Phi) is 6.78. The molecule has 10 rings (SSSR count). The average molecular weight is 651 g/mol. The first-order chi connectivity index (χ1) is 25.3. The third-order valence-corrected chi connectivity index (χ3v) is 9.84. The van der Waals surface area contributed by atoms with Crippen molar-refractivity contribution in [2.75, 3.05) is 0 Å². The molecule has 0 N–H and O–H groups in total. The van der Waals surface area contributed by atoms with Crippen LogP contribution in [0.15, 0.2) is 182 Å². The van der Waals surface area contributed by atoms with Crippen LogP contribution in [0.5, 0.6) is 0 Å². The van der Waals surface area contributed by atoms with Crippen LogP contribution in [0.25, 0.3) is 94.3 Å². The van der Waals surface area contributed by atoms with Crippen LogP contribution in [0.4, 0.5) is 0 Å². The number of aromatic nitrogens is 4. The van der Waals surface area contributed by atoms with Crippen molar-refractivity contribution in [1.29, 1.82) is 0 Å². The molecular formula is C47H30N4. The molecule has 4 heteroatoms. The predicted molar refractivity (Wildman–Crippen MR) is 211 cm³/mol. The van der Waals surface area contributed by atoms with Gasteiger partial charge in [-0.05, 0) is 75.1 Å². The van der Waals surface area contributed by atoms with Gasteiger partial charge in [-0.1, -0.05) is 140 Å². The van der Waals surface area contributed by atoms with Crippen molar-refractivity contribution < 1.29 is 0 Å². The highest BCUT2D eigenvalue weighted by Gasteiger charge is 2.16. The zero-order chi connectivity index (χ0) is 33.7. The second-order valence-electron chi connectivity index (χ2n) is 12.9. The van der Waals surface area contributed by atoms with E-state index in [4.69, 9.17) is 15.0 Å². The smallest absolute Gasteiger partial charge is 0.164 e. The lowest BCUT2D eigenvalue weighted by Crippen LogP contribution is -2.00. The van der Waals surface area contributed by atoms with Gasteiger partial charge in [-0.3, -0.25) is 0 Å². The number of fused-ring (bicyclic) bond motifs is 6. The Balaban J connectivity index is 1.11. The maximum Gasteiger partial charge on any atom is 0.164 e. The van der Waals surface area contributed by atoms with Gasteiger partial charge in [0.25, 0.3) is 0 Å². The van der Waals surface area contributed by atoms with Gasteiger partial charge in [0.1, 0.15) is 0 Å². The predicted octanol–water partition coefficient (Wildman–Crippen LogP) is 11.9. The maximum atomic E-state index is 5.09. The molecule has 4 nitrogen and oxygen atoms in total. The molecule has 10 aromatic rings. The summed E-state index contributed by atoms with van der Waals surface area (Å²) in [4.78, 5) is 15.1. The van der Waals surface area contributed by atoms with Crippen LogP contribution >= 0.6 is 0 Å². The Labute approximate surface area is 295 Å². The minimum absolute atomic E-state index is 0.636. The zero-order valence-corrected chi connectivity index (χ0v) is 27.6. The molecule has 0 bridgehead atoms. The largest absolute Gasteiger partial charge is 0.309 e. The standard InChI is InChI=1S/C47H30N4/c1-3-11-31(12-4-1)36-25-28-41-40-17-9-10-18-43(40)51(44(41)30-36)38-26-23-35(24-27-38)46-48-45(34-14-5-2-6-15-34)49-47(50-46)37-22-21-33-20-19-32-13-7-8-16-39(32)42(33)29-37/h1-30H. The number of rotatable bonds is 5. The van der Waals surface area contributed by atoms with Crippen molar-refractivity contribution in [2.45, 2.75) is 0 Å². The molecule has 0 radical (unpaired) electrons. The van der Waals surface area contributed by atoms with Crippen LogP contribution in [0.3, 0.4) is 0 Å². The lowest BCUT2D eigenvalue weighted by molar-refractivity contribution is 1.07. The molecule has 0 unspecified atom stereocenters. The Bertz CT molecular complexity index is 2890. The first-order valence-corrected chi connectivity index (χ1v) is 17.2. The van der Waals surface area contributed by atoms with Crippen LogP contribution < -0.4 is 0 Å². The van der Waals surface area contributed by atoms with Crippen molar-refractivity contribution in [3.63, 3.8) is 0 Å². The summed E-state index contributed by atoms with van der Waals surface area (Å²) in [5.74, 6) is 1.93. The Hall–Kier alpha value is -6.91. The van der Waals surface area contributed by atoms with Crippen molar-refractivity contribution in [3.05, 3.63) is 182 Å². The molecule has 0 aliphatic heterocycles. The summed E-state index contributed by atoms with van der Waals surface area (Å²) in [6.07, 6.45) is 0. The molecular weight excluding hydrogens is 621 g/mol. The minimum Gasteiger partial charge on any atom is -0.309 e. The molecule has 0 spiro atoms. The third-order valence-electron chi connectivity index (χ3n) is 9.84. The van der Waals surface area contributed by atoms with E-state index in [1.807, 2.05) is 30.3 Å². The van der Waals surface area contributed by atoms with E-state index in [1.165, 1.54) is 54.5 Å². The second-order valence-corrected chi connectivity index (χ2v) is 12.9. The van der Waals surface area contributed by atoms with Gasteiger partial charge in [0.2, 0.25) is 0 Å². The summed E-state index contributed by atoms with van der Waals surface area (Å²) in [5.41, 5.74) is 8.64. The average Bonchev–Trinajstić information content (AvgIpc) is 3.55. The Morgan fingerprint density at radius 3 is 1.55 bits per heavy atom. The fourth-order valence-corrected chi connectivity index (χ4v) is 7.31. The van der Waals surface area contributed by atoms with Gasteiger partial charge >= 0.3 is 0 Å². The van der Waals surface area contributed by atoms with Crippen LogP contribution in [0.2, 0.25) is 0 Å². The van der Waals surface area contributed by atoms with Gasteiger partial charge in [-0.25, -0.2) is 15.0 Å². The Morgan fingerprint density at radius 1 is 0.294 bits per heavy atom. The Morgan fingerprint density at radius 2 is 0.804 bits per heavy atom. The summed E-state index contributed by atoms with van der Waals surface area (Å²) in [5, 5.41) is 7.25. The van der Waals surface area contributed by atoms with Crippen LogP contribution in [0, 0.1) is 0 Å². The van der Waals surface area contributed by atoms with E-state index in [0.717, 1.165) is 22.4 Å². The van der Waals surface area contributed by atoms with Gasteiger partial charge in [0, 0.05) is 33.2 Å². The van der Waals surface area contributed by atoms with Gasteiger partial charge in [0.05, 0.1) is 11.0 Å². The molecule has 0 aliphatic carbocycles. The summed E-state index contributed by atoms with van der Waals surface area (Å²) < 4.78 is 2.36. The van der Waals surface area contributed by atoms with E-state index < -0.39 is 0 Å². The summed E-state index contributed by atoms with van der Waals surface area (Å²) >= 11 is 0. The highest BCUT2D eigenvalue weighted by atomic mass is 15.0. The van der Waals surface area contributed by atoms with E-state index in [0.29, 0.717) is 17.5 Å². The molecule has 0 saturated carbocycles. The molecule has 2 heterocycles. The SMILES string of the molecule is c1ccc(-c2ccc3c4ccccc4n(-c4ccc(-c5nc(-c6ccccc6)nc(-c6ccc7ccc8ccccc8c7c6)n5)cc4)c3c2)cc1. The minimum atomic E-state index is 0.636. The first kappa shape index (κ1) is 29.0. The molecule has 0 saturated heterocycles. The van der Waals surface area contributed by atoms with Gasteiger partial charge in [0.15, 0.2) is 17.5 Å². The van der Waals surface area contributed by atoms with Crippen LogP contribution in [-0.2, 0) is 0 Å². The summed E-state index contributed by atoms with van der Waals surface area (Å²) in [7, 11) is 0. The molecule has 8 aromatic carbocycles. The highest BCUT2D eigenvalue weighted by Crippen LogP contribution is 2.36. The fourth-order valence-electron chi connectivity index (χ4n) is 7.31. The topological polar surface area (TPSA) is 43.6 Å². The van der Waals surface area contributed by atoms with E-state index >= 15 is 0 Å². The first-order valence-electron chi connectivity index (χ1n) is 17.2. The van der Waals surface area contributed by atoms with Crippen molar-refractivity contribution in [2.24, 2.45) is 0 Å². The van der Waals surface area contributed by atoms with Crippen LogP contribution in [0.1, 0.15) is 0 Å². The molecule has 0 atom stereocenters. The van der Waals surface area contributed by atoms with Crippen LogP contribution in [-0.4, -0.2) is 19.5 Å². The number of nitrogens with zero attached hydrogens (tertiary/aromatic N) is 4. The van der Waals surface area contributed by atoms with E-state index in [1.54, 1.807) is 0 Å². The molecule has 2 aromatic heterocycles. The number of para-hydroxylation sites is 1. The summed E-state index contributed by atoms with van der Waals surface area (Å²) in [6, 6.07) is 64.0. The van der Waals surface area contributed by atoms with Crippen molar-refractivity contribution in [3.8, 4) is 51.0 Å². The molecule has 238 valence electrons. The number of benzene rings is 8.